The van der Waals surface area contributed by atoms with E-state index >= 15 is 0 Å². The van der Waals surface area contributed by atoms with Crippen LogP contribution in [0.5, 0.6) is 5.75 Å². The molecule has 138 valence electrons. The highest BCUT2D eigenvalue weighted by Crippen LogP contribution is 2.35. The van der Waals surface area contributed by atoms with Gasteiger partial charge in [-0.1, -0.05) is 0 Å². The number of methoxy groups -OCH3 is 1. The maximum atomic E-state index is 12.6. The minimum Gasteiger partial charge on any atom is -0.497 e. The molecule has 3 aromatic rings. The minimum absolute atomic E-state index is 0.128. The molecule has 1 unspecified atom stereocenters. The lowest BCUT2D eigenvalue weighted by Gasteiger charge is -2.10. The predicted octanol–water partition coefficient (Wildman–Crippen LogP) is 5.17. The molecule has 3 rings (SSSR count). The molecule has 0 saturated heterocycles. The number of anilines is 1. The van der Waals surface area contributed by atoms with Crippen LogP contribution in [-0.4, -0.2) is 21.5 Å². The minimum atomic E-state index is -4.54. The topological polar surface area (TPSA) is 59.9 Å². The van der Waals surface area contributed by atoms with Crippen molar-refractivity contribution in [1.82, 2.24) is 14.3 Å². The number of hydrogen-bond donors (Lipinski definition) is 1. The lowest BCUT2D eigenvalue weighted by molar-refractivity contribution is -0.144. The van der Waals surface area contributed by atoms with Gasteiger partial charge in [0, 0.05) is 17.1 Å². The monoisotopic (exact) mass is 400 g/mol. The molecule has 0 aliphatic carbocycles. The summed E-state index contributed by atoms with van der Waals surface area (Å²) in [7, 11) is 1.60. The van der Waals surface area contributed by atoms with E-state index in [2.05, 4.69) is 19.7 Å². The zero-order chi connectivity index (χ0) is 18.9. The van der Waals surface area contributed by atoms with E-state index in [9.17, 15) is 13.2 Å². The molecular formula is C16H15F3N4OS2. The van der Waals surface area contributed by atoms with Crippen LogP contribution in [0.2, 0.25) is 0 Å². The number of thiazole rings is 1. The van der Waals surface area contributed by atoms with Crippen LogP contribution in [0.4, 0.5) is 18.3 Å². The first-order valence-electron chi connectivity index (χ1n) is 7.57. The Morgan fingerprint density at radius 1 is 1.15 bits per heavy atom. The van der Waals surface area contributed by atoms with Crippen LogP contribution in [0.25, 0.3) is 10.6 Å². The molecule has 5 nitrogen and oxygen atoms in total. The molecule has 0 aliphatic heterocycles. The van der Waals surface area contributed by atoms with Gasteiger partial charge in [-0.3, -0.25) is 0 Å². The molecule has 26 heavy (non-hydrogen) atoms. The summed E-state index contributed by atoms with van der Waals surface area (Å²) in [4.78, 5) is 9.00. The number of aryl methyl sites for hydroxylation is 1. The molecule has 2 heterocycles. The number of alkyl halides is 3. The van der Waals surface area contributed by atoms with Gasteiger partial charge in [0.15, 0.2) is 0 Å². The largest absolute Gasteiger partial charge is 0.497 e. The summed E-state index contributed by atoms with van der Waals surface area (Å²) in [5, 5.41) is 3.93. The fraction of sp³-hybridized carbons (Fsp3) is 0.312. The van der Waals surface area contributed by atoms with E-state index in [4.69, 9.17) is 4.74 Å². The molecule has 0 aliphatic rings. The third-order valence-corrected chi connectivity index (χ3v) is 5.62. The maximum Gasteiger partial charge on any atom is 0.452 e. The lowest BCUT2D eigenvalue weighted by Crippen LogP contribution is -2.09. The van der Waals surface area contributed by atoms with Crippen molar-refractivity contribution in [3.63, 3.8) is 0 Å². The Hall–Kier alpha value is -2.20. The SMILES string of the molecule is COc1ccc(-c2nc(C)c(C(C)Nc3nc(C(F)(F)F)ns3)s2)cc1. The molecule has 1 aromatic carbocycles. The number of aromatic nitrogens is 3. The van der Waals surface area contributed by atoms with Crippen LogP contribution in [0.3, 0.4) is 0 Å². The number of nitrogens with zero attached hydrogens (tertiary/aromatic N) is 3. The van der Waals surface area contributed by atoms with Crippen molar-refractivity contribution in [2.24, 2.45) is 0 Å². The number of nitrogens with one attached hydrogen (secondary N) is 1. The average Bonchev–Trinajstić information content (AvgIpc) is 3.21. The Kier molecular flexibility index (Phi) is 5.15. The van der Waals surface area contributed by atoms with Gasteiger partial charge in [-0.2, -0.15) is 22.5 Å². The van der Waals surface area contributed by atoms with Crippen LogP contribution in [0.1, 0.15) is 29.4 Å². The summed E-state index contributed by atoms with van der Waals surface area (Å²) in [6, 6.07) is 7.30. The molecule has 0 bridgehead atoms. The van der Waals surface area contributed by atoms with Gasteiger partial charge in [-0.15, -0.1) is 11.3 Å². The Morgan fingerprint density at radius 3 is 2.42 bits per heavy atom. The van der Waals surface area contributed by atoms with Crippen molar-refractivity contribution in [3.05, 3.63) is 40.7 Å². The first-order valence-corrected chi connectivity index (χ1v) is 9.16. The van der Waals surface area contributed by atoms with E-state index in [1.165, 1.54) is 11.3 Å². The highest BCUT2D eigenvalue weighted by Gasteiger charge is 2.36. The molecule has 10 heteroatoms. The Balaban J connectivity index is 1.78. The van der Waals surface area contributed by atoms with Crippen molar-refractivity contribution in [1.29, 1.82) is 0 Å². The number of ether oxygens (including phenoxy) is 1. The van der Waals surface area contributed by atoms with Gasteiger partial charge in [-0.05, 0) is 38.1 Å². The number of halogens is 3. The van der Waals surface area contributed by atoms with Crippen molar-refractivity contribution in [3.8, 4) is 16.3 Å². The third-order valence-electron chi connectivity index (χ3n) is 3.58. The van der Waals surface area contributed by atoms with Gasteiger partial charge >= 0.3 is 6.18 Å². The van der Waals surface area contributed by atoms with Gasteiger partial charge in [0.05, 0.1) is 23.7 Å². The van der Waals surface area contributed by atoms with Crippen molar-refractivity contribution in [2.45, 2.75) is 26.1 Å². The summed E-state index contributed by atoms with van der Waals surface area (Å²) < 4.78 is 46.3. The van der Waals surface area contributed by atoms with Crippen LogP contribution in [-0.2, 0) is 6.18 Å². The van der Waals surface area contributed by atoms with E-state index < -0.39 is 12.0 Å². The molecule has 0 fully saturated rings. The first kappa shape index (κ1) is 18.6. The normalized spacial score (nSPS) is 12.8. The standard InChI is InChI=1S/C16H15F3N4OS2/c1-8-12(9(2)21-15-22-14(23-26-15)16(17,18)19)25-13(20-8)10-4-6-11(24-3)7-5-10/h4-7,9H,1-3H3,(H,21,22,23). The second kappa shape index (κ2) is 7.20. The molecule has 0 saturated carbocycles. The van der Waals surface area contributed by atoms with Crippen LogP contribution < -0.4 is 10.1 Å². The molecular weight excluding hydrogens is 385 g/mol. The molecule has 0 radical (unpaired) electrons. The fourth-order valence-electron chi connectivity index (χ4n) is 2.32. The highest BCUT2D eigenvalue weighted by atomic mass is 32.1. The maximum absolute atomic E-state index is 12.6. The van der Waals surface area contributed by atoms with Gasteiger partial charge < -0.3 is 10.1 Å². The summed E-state index contributed by atoms with van der Waals surface area (Å²) in [6.07, 6.45) is -4.54. The predicted molar refractivity (Wildman–Crippen MR) is 95.8 cm³/mol. The molecule has 1 N–H and O–H groups in total. The molecule has 2 aromatic heterocycles. The number of rotatable bonds is 5. The van der Waals surface area contributed by atoms with Crippen LogP contribution >= 0.6 is 22.9 Å². The second-order valence-electron chi connectivity index (χ2n) is 5.48. The first-order chi connectivity index (χ1) is 12.3. The zero-order valence-electron chi connectivity index (χ0n) is 14.1. The van der Waals surface area contributed by atoms with E-state index in [0.29, 0.717) is 11.5 Å². The Bertz CT molecular complexity index is 890. The third kappa shape index (κ3) is 3.96. The van der Waals surface area contributed by atoms with Gasteiger partial charge in [0.2, 0.25) is 11.0 Å². The van der Waals surface area contributed by atoms with Gasteiger partial charge in [-0.25, -0.2) is 4.98 Å². The fourth-order valence-corrected chi connectivity index (χ4v) is 4.06. The zero-order valence-corrected chi connectivity index (χ0v) is 15.7. The van der Waals surface area contributed by atoms with Crippen molar-refractivity contribution < 1.29 is 17.9 Å². The van der Waals surface area contributed by atoms with Crippen molar-refractivity contribution in [2.75, 3.05) is 12.4 Å². The van der Waals surface area contributed by atoms with Gasteiger partial charge in [0.1, 0.15) is 10.8 Å². The highest BCUT2D eigenvalue weighted by molar-refractivity contribution is 7.15. The summed E-state index contributed by atoms with van der Waals surface area (Å²) in [5.74, 6) is -0.369. The van der Waals surface area contributed by atoms with Gasteiger partial charge in [0.25, 0.3) is 0 Å². The molecule has 1 atom stereocenters. The number of hydrogen-bond acceptors (Lipinski definition) is 7. The number of benzene rings is 1. The Labute approximate surface area is 156 Å². The summed E-state index contributed by atoms with van der Waals surface area (Å²) >= 11 is 2.18. The van der Waals surface area contributed by atoms with E-state index in [1.807, 2.05) is 38.1 Å². The average molecular weight is 400 g/mol. The summed E-state index contributed by atoms with van der Waals surface area (Å²) in [5.41, 5.74) is 1.77. The van der Waals surface area contributed by atoms with E-state index in [1.54, 1.807) is 7.11 Å². The van der Waals surface area contributed by atoms with Crippen molar-refractivity contribution >= 4 is 28.0 Å². The molecule has 0 spiro atoms. The smallest absolute Gasteiger partial charge is 0.452 e. The van der Waals surface area contributed by atoms with Crippen LogP contribution in [0, 0.1) is 6.92 Å². The molecule has 0 amide bonds. The quantitative estimate of drug-likeness (QED) is 0.640. The summed E-state index contributed by atoms with van der Waals surface area (Å²) in [6.45, 7) is 3.73. The lowest BCUT2D eigenvalue weighted by atomic mass is 10.2. The Morgan fingerprint density at radius 2 is 1.85 bits per heavy atom. The second-order valence-corrected chi connectivity index (χ2v) is 7.27. The van der Waals surface area contributed by atoms with E-state index in [-0.39, 0.29) is 11.2 Å². The van der Waals surface area contributed by atoms with E-state index in [0.717, 1.165) is 26.9 Å². The van der Waals surface area contributed by atoms with Crippen LogP contribution in [0.15, 0.2) is 24.3 Å².